The monoisotopic (exact) mass is 310 g/mol. The summed E-state index contributed by atoms with van der Waals surface area (Å²) in [5.41, 5.74) is 1.66. The highest BCUT2D eigenvalue weighted by atomic mass is 16.6. The number of benzene rings is 2. The Balaban J connectivity index is 2.43. The summed E-state index contributed by atoms with van der Waals surface area (Å²) in [5, 5.41) is 20.1. The molecule has 0 saturated heterocycles. The van der Waals surface area contributed by atoms with Crippen molar-refractivity contribution in [2.75, 3.05) is 14.2 Å². The molecular weight excluding hydrogens is 296 g/mol. The number of nitrogens with zero attached hydrogens (tertiary/aromatic N) is 2. The summed E-state index contributed by atoms with van der Waals surface area (Å²) in [7, 11) is 3.09. The van der Waals surface area contributed by atoms with Crippen LogP contribution >= 0.6 is 0 Å². The van der Waals surface area contributed by atoms with E-state index in [2.05, 4.69) is 6.07 Å². The molecule has 0 unspecified atom stereocenters. The second-order valence-electron chi connectivity index (χ2n) is 4.58. The zero-order valence-electron chi connectivity index (χ0n) is 12.6. The molecule has 0 atom stereocenters. The first-order valence-corrected chi connectivity index (χ1v) is 6.67. The van der Waals surface area contributed by atoms with Crippen molar-refractivity contribution in [2.45, 2.75) is 0 Å². The van der Waals surface area contributed by atoms with Crippen LogP contribution in [0.2, 0.25) is 0 Å². The second kappa shape index (κ2) is 7.09. The molecule has 0 fully saturated rings. The number of allylic oxidation sites excluding steroid dienone is 1. The number of non-ortho nitro benzene ring substituents is 1. The number of nitriles is 1. The van der Waals surface area contributed by atoms with Gasteiger partial charge in [0.05, 0.1) is 30.8 Å². The number of nitro groups is 1. The van der Waals surface area contributed by atoms with Gasteiger partial charge in [-0.25, -0.2) is 0 Å². The summed E-state index contributed by atoms with van der Waals surface area (Å²) < 4.78 is 10.4. The van der Waals surface area contributed by atoms with E-state index >= 15 is 0 Å². The Labute approximate surface area is 133 Å². The van der Waals surface area contributed by atoms with E-state index in [0.29, 0.717) is 28.2 Å². The topological polar surface area (TPSA) is 85.4 Å². The van der Waals surface area contributed by atoms with E-state index in [1.165, 1.54) is 19.2 Å². The maximum absolute atomic E-state index is 10.7. The van der Waals surface area contributed by atoms with E-state index in [1.807, 2.05) is 0 Å². The van der Waals surface area contributed by atoms with E-state index < -0.39 is 4.92 Å². The van der Waals surface area contributed by atoms with Crippen LogP contribution < -0.4 is 9.47 Å². The number of hydrogen-bond acceptors (Lipinski definition) is 5. The van der Waals surface area contributed by atoms with Crippen molar-refractivity contribution in [2.24, 2.45) is 0 Å². The van der Waals surface area contributed by atoms with Gasteiger partial charge in [0.2, 0.25) is 0 Å². The zero-order valence-corrected chi connectivity index (χ0v) is 12.6. The molecular formula is C17H14N2O4. The minimum atomic E-state index is -0.480. The molecule has 0 bridgehead atoms. The normalized spacial score (nSPS) is 10.7. The molecule has 2 aromatic carbocycles. The van der Waals surface area contributed by atoms with Crippen LogP contribution in [-0.2, 0) is 0 Å². The van der Waals surface area contributed by atoms with Gasteiger partial charge in [-0.05, 0) is 35.9 Å². The van der Waals surface area contributed by atoms with Gasteiger partial charge in [-0.2, -0.15) is 5.26 Å². The largest absolute Gasteiger partial charge is 0.497 e. The molecule has 6 nitrogen and oxygen atoms in total. The van der Waals surface area contributed by atoms with Crippen LogP contribution in [-0.4, -0.2) is 19.1 Å². The van der Waals surface area contributed by atoms with Crippen molar-refractivity contribution in [3.63, 3.8) is 0 Å². The molecule has 2 rings (SSSR count). The molecule has 0 aliphatic carbocycles. The molecule has 0 aromatic heterocycles. The first-order valence-electron chi connectivity index (χ1n) is 6.67. The van der Waals surface area contributed by atoms with Gasteiger partial charge in [0.25, 0.3) is 5.69 Å². The molecule has 6 heteroatoms. The second-order valence-corrected chi connectivity index (χ2v) is 4.58. The summed E-state index contributed by atoms with van der Waals surface area (Å²) in [4.78, 5) is 10.2. The van der Waals surface area contributed by atoms with Crippen molar-refractivity contribution in [3.05, 3.63) is 63.7 Å². The third-order valence-electron chi connectivity index (χ3n) is 3.25. The van der Waals surface area contributed by atoms with Crippen LogP contribution in [0.1, 0.15) is 11.1 Å². The molecule has 0 saturated carbocycles. The van der Waals surface area contributed by atoms with Crippen molar-refractivity contribution in [1.82, 2.24) is 0 Å². The molecule has 2 aromatic rings. The van der Waals surface area contributed by atoms with Gasteiger partial charge < -0.3 is 9.47 Å². The first-order chi connectivity index (χ1) is 11.1. The van der Waals surface area contributed by atoms with Crippen LogP contribution in [0.25, 0.3) is 11.6 Å². The van der Waals surface area contributed by atoms with E-state index in [4.69, 9.17) is 9.47 Å². The predicted molar refractivity (Wildman–Crippen MR) is 86.1 cm³/mol. The highest BCUT2D eigenvalue weighted by Gasteiger charge is 2.09. The lowest BCUT2D eigenvalue weighted by Gasteiger charge is -2.08. The molecule has 23 heavy (non-hydrogen) atoms. The van der Waals surface area contributed by atoms with Crippen LogP contribution in [0, 0.1) is 21.4 Å². The number of nitro benzene ring substituents is 1. The fourth-order valence-corrected chi connectivity index (χ4v) is 2.04. The molecule has 0 aliphatic rings. The maximum atomic E-state index is 10.7. The average molecular weight is 310 g/mol. The Kier molecular flexibility index (Phi) is 4.95. The van der Waals surface area contributed by atoms with Gasteiger partial charge >= 0.3 is 0 Å². The summed E-state index contributed by atoms with van der Waals surface area (Å²) in [6.07, 6.45) is 1.67. The van der Waals surface area contributed by atoms with Crippen LogP contribution in [0.15, 0.2) is 42.5 Å². The molecule has 0 N–H and O–H groups in total. The number of ether oxygens (including phenoxy) is 2. The van der Waals surface area contributed by atoms with Gasteiger partial charge in [-0.1, -0.05) is 0 Å². The van der Waals surface area contributed by atoms with Crippen LogP contribution in [0.4, 0.5) is 5.69 Å². The SMILES string of the molecule is COc1ccc(/C=C(/C#N)c2ccc([N+](=O)[O-])cc2)c(OC)c1. The van der Waals surface area contributed by atoms with E-state index in [0.717, 1.165) is 0 Å². The molecule has 116 valence electrons. The molecule has 0 heterocycles. The van der Waals surface area contributed by atoms with E-state index in [1.54, 1.807) is 43.5 Å². The highest BCUT2D eigenvalue weighted by Crippen LogP contribution is 2.28. The van der Waals surface area contributed by atoms with Gasteiger partial charge in [-0.15, -0.1) is 0 Å². The third kappa shape index (κ3) is 3.66. The summed E-state index contributed by atoms with van der Waals surface area (Å²) in [6, 6.07) is 13.2. The summed E-state index contributed by atoms with van der Waals surface area (Å²) in [5.74, 6) is 1.21. The lowest BCUT2D eigenvalue weighted by Crippen LogP contribution is -1.91. The van der Waals surface area contributed by atoms with Crippen molar-refractivity contribution < 1.29 is 14.4 Å². The van der Waals surface area contributed by atoms with Crippen LogP contribution in [0.3, 0.4) is 0 Å². The lowest BCUT2D eigenvalue weighted by molar-refractivity contribution is -0.384. The molecule has 0 spiro atoms. The van der Waals surface area contributed by atoms with Crippen molar-refractivity contribution in [1.29, 1.82) is 5.26 Å². The maximum Gasteiger partial charge on any atom is 0.269 e. The smallest absolute Gasteiger partial charge is 0.269 e. The fourth-order valence-electron chi connectivity index (χ4n) is 2.04. The standard InChI is InChI=1S/C17H14N2O4/c1-22-16-8-5-13(17(10-16)23-2)9-14(11-18)12-3-6-15(7-4-12)19(20)21/h3-10H,1-2H3/b14-9-. The van der Waals surface area contributed by atoms with Crippen molar-refractivity contribution in [3.8, 4) is 17.6 Å². The van der Waals surface area contributed by atoms with Crippen molar-refractivity contribution >= 4 is 17.3 Å². The molecule has 0 amide bonds. The number of methoxy groups -OCH3 is 2. The number of rotatable bonds is 5. The first kappa shape index (κ1) is 16.0. The zero-order chi connectivity index (χ0) is 16.8. The van der Waals surface area contributed by atoms with Gasteiger partial charge in [0, 0.05) is 23.8 Å². The van der Waals surface area contributed by atoms with E-state index in [-0.39, 0.29) is 5.69 Å². The van der Waals surface area contributed by atoms with Gasteiger partial charge in [-0.3, -0.25) is 10.1 Å². The summed E-state index contributed by atoms with van der Waals surface area (Å²) in [6.45, 7) is 0. The Morgan fingerprint density at radius 1 is 1.17 bits per heavy atom. The minimum Gasteiger partial charge on any atom is -0.497 e. The minimum absolute atomic E-state index is 0.0203. The quantitative estimate of drug-likeness (QED) is 0.364. The number of hydrogen-bond donors (Lipinski definition) is 0. The Hall–Kier alpha value is -3.33. The van der Waals surface area contributed by atoms with Gasteiger partial charge in [0.15, 0.2) is 0 Å². The highest BCUT2D eigenvalue weighted by molar-refractivity contribution is 5.90. The molecule has 0 aliphatic heterocycles. The lowest BCUT2D eigenvalue weighted by atomic mass is 10.0. The molecule has 0 radical (unpaired) electrons. The Bertz CT molecular complexity index is 789. The average Bonchev–Trinajstić information content (AvgIpc) is 2.59. The third-order valence-corrected chi connectivity index (χ3v) is 3.25. The Morgan fingerprint density at radius 2 is 1.87 bits per heavy atom. The predicted octanol–water partition coefficient (Wildman–Crippen LogP) is 3.68. The van der Waals surface area contributed by atoms with Crippen LogP contribution in [0.5, 0.6) is 11.5 Å². The van der Waals surface area contributed by atoms with Gasteiger partial charge in [0.1, 0.15) is 11.5 Å². The fraction of sp³-hybridized carbons (Fsp3) is 0.118. The summed E-state index contributed by atoms with van der Waals surface area (Å²) >= 11 is 0. The van der Waals surface area contributed by atoms with E-state index in [9.17, 15) is 15.4 Å². The Morgan fingerprint density at radius 3 is 2.39 bits per heavy atom.